The molecule has 0 unspecified atom stereocenters. The Labute approximate surface area is 83.6 Å². The molecule has 1 aliphatic heterocycles. The summed E-state index contributed by atoms with van der Waals surface area (Å²) >= 11 is 5.80. The van der Waals surface area contributed by atoms with E-state index in [1.54, 1.807) is 0 Å². The summed E-state index contributed by atoms with van der Waals surface area (Å²) in [7, 11) is -2.40. The summed E-state index contributed by atoms with van der Waals surface area (Å²) in [6, 6.07) is 7.78. The van der Waals surface area contributed by atoms with Gasteiger partial charge in [0.05, 0.1) is 0 Å². The zero-order valence-electron chi connectivity index (χ0n) is 6.16. The molecule has 66 valence electrons. The third-order valence-electron chi connectivity index (χ3n) is 1.73. The fourth-order valence-corrected chi connectivity index (χ4v) is 7.84. The summed E-state index contributed by atoms with van der Waals surface area (Å²) in [6.45, 7) is 0. The van der Waals surface area contributed by atoms with Crippen LogP contribution >= 0.6 is 11.6 Å². The number of fused-ring (bicyclic) bond motifs is 1. The zero-order valence-corrected chi connectivity index (χ0v) is 9.52. The van der Waals surface area contributed by atoms with E-state index in [1.807, 2.05) is 24.3 Å². The summed E-state index contributed by atoms with van der Waals surface area (Å²) in [4.78, 5) is 0.931. The van der Waals surface area contributed by atoms with Crippen molar-refractivity contribution < 1.29 is 4.21 Å². The normalized spacial score (nSPS) is 21.8. The first-order valence-corrected chi connectivity index (χ1v) is 7.59. The first kappa shape index (κ1) is 8.73. The Morgan fingerprint density at radius 3 is 3.00 bits per heavy atom. The monoisotopic (exact) mass is 269 g/mol. The Hall–Kier alpha value is 0.139. The van der Waals surface area contributed by atoms with Crippen LogP contribution in [0.5, 0.6) is 0 Å². The van der Waals surface area contributed by atoms with Crippen LogP contribution < -0.4 is 8.20 Å². The van der Waals surface area contributed by atoms with Gasteiger partial charge < -0.3 is 0 Å². The molecule has 0 aliphatic carbocycles. The van der Waals surface area contributed by atoms with Crippen LogP contribution in [0.2, 0.25) is 0 Å². The van der Waals surface area contributed by atoms with E-state index < -0.39 is 10.1 Å². The van der Waals surface area contributed by atoms with Gasteiger partial charge in [0, 0.05) is 0 Å². The van der Waals surface area contributed by atoms with Gasteiger partial charge in [-0.3, -0.25) is 0 Å². The first-order valence-electron chi connectivity index (χ1n) is 3.45. The van der Waals surface area contributed by atoms with Crippen LogP contribution in [-0.4, -0.2) is 24.6 Å². The predicted molar refractivity (Wildman–Crippen MR) is 53.5 cm³/mol. The number of alkyl halides is 1. The van der Waals surface area contributed by atoms with E-state index in [0.717, 1.165) is 4.90 Å². The molecule has 0 aromatic heterocycles. The van der Waals surface area contributed by atoms with Crippen molar-refractivity contribution in [3.8, 4) is 0 Å². The molecule has 2 rings (SSSR count). The zero-order chi connectivity index (χ0) is 8.60. The van der Waals surface area contributed by atoms with E-state index in [4.69, 9.17) is 11.6 Å². The summed E-state index contributed by atoms with van der Waals surface area (Å²) in [6.07, 6.45) is 0. The van der Waals surface area contributed by atoms with Crippen molar-refractivity contribution in [2.75, 3.05) is 5.21 Å². The van der Waals surface area contributed by atoms with Gasteiger partial charge in [0.1, 0.15) is 0 Å². The van der Waals surface area contributed by atoms with Crippen LogP contribution in [0.1, 0.15) is 0 Å². The van der Waals surface area contributed by atoms with Crippen LogP contribution in [0, 0.1) is 0 Å². The Balaban J connectivity index is 2.56. The maximum atomic E-state index is 12.0. The second kappa shape index (κ2) is 3.13. The van der Waals surface area contributed by atoms with Crippen LogP contribution in [0.25, 0.3) is 0 Å². The first-order chi connectivity index (χ1) is 5.76. The Morgan fingerprint density at radius 2 is 2.25 bits per heavy atom. The molecule has 0 atom stereocenters. The van der Waals surface area contributed by atoms with Crippen LogP contribution in [-0.2, 0) is 10.1 Å². The number of hydrogen-bond donors (Lipinski definition) is 2. The van der Waals surface area contributed by atoms with E-state index in [0.29, 0.717) is 0 Å². The van der Waals surface area contributed by atoms with Crippen LogP contribution in [0.15, 0.2) is 29.2 Å². The molecule has 0 saturated carbocycles. The van der Waals surface area contributed by atoms with Crippen LogP contribution in [0.3, 0.4) is 0 Å². The summed E-state index contributed by atoms with van der Waals surface area (Å²) in [5.74, 6) is 0. The van der Waals surface area contributed by atoms with Crippen LogP contribution in [0.4, 0.5) is 0 Å². The third kappa shape index (κ3) is 1.24. The van der Waals surface area contributed by atoms with Gasteiger partial charge in [-0.15, -0.1) is 0 Å². The molecule has 0 spiro atoms. The van der Waals surface area contributed by atoms with Gasteiger partial charge in [0.2, 0.25) is 0 Å². The topological polar surface area (TPSA) is 29.1 Å². The van der Waals surface area contributed by atoms with Crippen molar-refractivity contribution in [2.24, 2.45) is 0 Å². The molecule has 0 bridgehead atoms. The summed E-state index contributed by atoms with van der Waals surface area (Å²) in [5.41, 5.74) is 0. The van der Waals surface area contributed by atoms with Crippen molar-refractivity contribution in [1.29, 1.82) is 0 Å². The second-order valence-electron chi connectivity index (χ2n) is 2.52. The van der Waals surface area contributed by atoms with E-state index in [9.17, 15) is 4.21 Å². The summed E-state index contributed by atoms with van der Waals surface area (Å²) in [5, 5.41) is 0.200. The molecule has 5 heteroatoms. The number of thiol groups is 1. The second-order valence-corrected chi connectivity index (χ2v) is 8.12. The molecule has 1 aromatic rings. The molecular formula is C7H8ClNOSSe. The SMILES string of the molecule is O=[SH]1(CCl)N[Se]c2ccccc21. The van der Waals surface area contributed by atoms with Gasteiger partial charge in [-0.1, -0.05) is 0 Å². The molecule has 0 radical (unpaired) electrons. The third-order valence-corrected chi connectivity index (χ3v) is 8.61. The molecular weight excluding hydrogens is 261 g/mol. The molecule has 1 heterocycles. The predicted octanol–water partition coefficient (Wildman–Crippen LogP) is 0.0212. The van der Waals surface area contributed by atoms with Gasteiger partial charge >= 0.3 is 83.7 Å². The molecule has 0 amide bonds. The quantitative estimate of drug-likeness (QED) is 0.420. The molecule has 1 N–H and O–H groups in total. The Morgan fingerprint density at radius 1 is 1.50 bits per heavy atom. The minimum absolute atomic E-state index is 0.140. The molecule has 1 aliphatic rings. The number of rotatable bonds is 1. The van der Waals surface area contributed by atoms with E-state index in [1.165, 1.54) is 4.46 Å². The fraction of sp³-hybridized carbons (Fsp3) is 0.143. The van der Waals surface area contributed by atoms with Crippen molar-refractivity contribution in [2.45, 2.75) is 4.90 Å². The van der Waals surface area contributed by atoms with Gasteiger partial charge in [-0.05, 0) is 0 Å². The van der Waals surface area contributed by atoms with Gasteiger partial charge in [-0.25, -0.2) is 0 Å². The molecule has 2 nitrogen and oxygen atoms in total. The Kier molecular flexibility index (Phi) is 2.27. The van der Waals surface area contributed by atoms with Crippen molar-refractivity contribution in [1.82, 2.24) is 3.74 Å². The van der Waals surface area contributed by atoms with E-state index in [2.05, 4.69) is 3.74 Å². The van der Waals surface area contributed by atoms with Gasteiger partial charge in [0.25, 0.3) is 0 Å². The maximum absolute atomic E-state index is 12.0. The van der Waals surface area contributed by atoms with Crippen molar-refractivity contribution in [3.63, 3.8) is 0 Å². The van der Waals surface area contributed by atoms with Crippen molar-refractivity contribution >= 4 is 41.4 Å². The Bertz CT molecular complexity index is 357. The molecule has 12 heavy (non-hydrogen) atoms. The average molecular weight is 269 g/mol. The summed E-state index contributed by atoms with van der Waals surface area (Å²) < 4.78 is 16.2. The number of halogens is 1. The minimum atomic E-state index is -2.40. The number of nitrogens with one attached hydrogen (secondary N) is 1. The average Bonchev–Trinajstić information content (AvgIpc) is 2.46. The van der Waals surface area contributed by atoms with E-state index >= 15 is 0 Å². The number of benzene rings is 1. The standard InChI is InChI=1S/C7H8ClNOSSe/c8-5-11(10)6-3-1-2-4-7(6)12-9-11/h1-4,11H,5H2,(H,9,10). The van der Waals surface area contributed by atoms with E-state index in [-0.39, 0.29) is 20.4 Å². The fourth-order valence-electron chi connectivity index (χ4n) is 1.10. The molecule has 0 saturated heterocycles. The van der Waals surface area contributed by atoms with Gasteiger partial charge in [-0.2, -0.15) is 0 Å². The molecule has 1 aromatic carbocycles. The van der Waals surface area contributed by atoms with Gasteiger partial charge in [0.15, 0.2) is 0 Å². The molecule has 0 fully saturated rings. The number of hydrogen-bond acceptors (Lipinski definition) is 1. The van der Waals surface area contributed by atoms with Crippen molar-refractivity contribution in [3.05, 3.63) is 24.3 Å².